The number of hydrogen-bond donors (Lipinski definition) is 1. The Kier molecular flexibility index (Phi) is 9.35. The fourth-order valence-corrected chi connectivity index (χ4v) is 2.58. The highest BCUT2D eigenvalue weighted by atomic mass is 16.2. The second-order valence-electron chi connectivity index (χ2n) is 5.90. The number of amides is 1. The van der Waals surface area contributed by atoms with Crippen LogP contribution in [0.3, 0.4) is 0 Å². The lowest BCUT2D eigenvalue weighted by Crippen LogP contribution is -2.32. The van der Waals surface area contributed by atoms with Gasteiger partial charge in [0.15, 0.2) is 5.78 Å². The minimum atomic E-state index is -0.0146. The van der Waals surface area contributed by atoms with Gasteiger partial charge in [0.25, 0.3) is 0 Å². The van der Waals surface area contributed by atoms with Gasteiger partial charge < -0.3 is 0 Å². The number of rotatable bonds is 9. The second-order valence-corrected chi connectivity index (χ2v) is 5.90. The van der Waals surface area contributed by atoms with Crippen molar-refractivity contribution in [3.8, 4) is 0 Å². The number of hydrazone groups is 1. The molecule has 0 aromatic carbocycles. The summed E-state index contributed by atoms with van der Waals surface area (Å²) in [6.45, 7) is 4.45. The summed E-state index contributed by atoms with van der Waals surface area (Å²) < 4.78 is 0. The molecule has 0 bridgehead atoms. The highest BCUT2D eigenvalue weighted by molar-refractivity contribution is 5.85. The zero-order valence-corrected chi connectivity index (χ0v) is 13.9. The van der Waals surface area contributed by atoms with Crippen LogP contribution in [0.4, 0.5) is 0 Å². The molecular weight excluding hydrogens is 278 g/mol. The van der Waals surface area contributed by atoms with Crippen LogP contribution >= 0.6 is 0 Å². The molecule has 0 heterocycles. The monoisotopic (exact) mass is 307 g/mol. The van der Waals surface area contributed by atoms with Gasteiger partial charge in [0, 0.05) is 18.1 Å². The average molecular weight is 307 g/mol. The van der Waals surface area contributed by atoms with Crippen molar-refractivity contribution in [1.29, 1.82) is 0 Å². The summed E-state index contributed by atoms with van der Waals surface area (Å²) in [5, 5.41) is 3.94. The SMILES string of the molecule is CCCC=NCC(=O)C1CCC(C(=O)N/N=C/CCC)CC1. The summed E-state index contributed by atoms with van der Waals surface area (Å²) >= 11 is 0. The number of aliphatic imine (C=N–C) groups is 1. The highest BCUT2D eigenvalue weighted by Crippen LogP contribution is 2.29. The molecule has 22 heavy (non-hydrogen) atoms. The van der Waals surface area contributed by atoms with Crippen molar-refractivity contribution in [1.82, 2.24) is 5.43 Å². The third-order valence-corrected chi connectivity index (χ3v) is 4.03. The maximum atomic E-state index is 12.0. The van der Waals surface area contributed by atoms with Gasteiger partial charge in [-0.05, 0) is 44.7 Å². The number of ketones is 1. The van der Waals surface area contributed by atoms with Crippen molar-refractivity contribution in [2.75, 3.05) is 6.54 Å². The zero-order valence-electron chi connectivity index (χ0n) is 13.9. The second kappa shape index (κ2) is 11.1. The summed E-state index contributed by atoms with van der Waals surface area (Å²) in [7, 11) is 0. The number of Topliss-reactive ketones (excluding diaryl/α,β-unsaturated/α-hetero) is 1. The molecule has 5 heteroatoms. The van der Waals surface area contributed by atoms with Crippen LogP contribution in [0.1, 0.15) is 65.2 Å². The van der Waals surface area contributed by atoms with E-state index in [1.165, 1.54) is 0 Å². The maximum absolute atomic E-state index is 12.0. The first-order chi connectivity index (χ1) is 10.7. The van der Waals surface area contributed by atoms with Gasteiger partial charge >= 0.3 is 0 Å². The Bertz CT molecular complexity index is 359. The van der Waals surface area contributed by atoms with Crippen molar-refractivity contribution in [3.63, 3.8) is 0 Å². The largest absolute Gasteiger partial charge is 0.297 e. The molecule has 0 saturated heterocycles. The minimum absolute atomic E-state index is 0.00795. The molecule has 1 fully saturated rings. The van der Waals surface area contributed by atoms with Gasteiger partial charge in [-0.25, -0.2) is 5.43 Å². The lowest BCUT2D eigenvalue weighted by Gasteiger charge is -2.25. The molecule has 1 aliphatic carbocycles. The zero-order chi connectivity index (χ0) is 16.2. The summed E-state index contributed by atoms with van der Waals surface area (Å²) in [5.41, 5.74) is 2.60. The molecular formula is C17H29N3O2. The van der Waals surface area contributed by atoms with E-state index in [0.717, 1.165) is 51.4 Å². The van der Waals surface area contributed by atoms with E-state index < -0.39 is 0 Å². The quantitative estimate of drug-likeness (QED) is 0.525. The molecule has 0 spiro atoms. The number of unbranched alkanes of at least 4 members (excludes halogenated alkanes) is 2. The normalized spacial score (nSPS) is 22.3. The van der Waals surface area contributed by atoms with Crippen LogP contribution in [0.5, 0.6) is 0 Å². The number of nitrogens with zero attached hydrogens (tertiary/aromatic N) is 2. The van der Waals surface area contributed by atoms with Gasteiger partial charge in [-0.1, -0.05) is 26.7 Å². The van der Waals surface area contributed by atoms with Crippen molar-refractivity contribution in [2.45, 2.75) is 65.2 Å². The van der Waals surface area contributed by atoms with E-state index in [1.54, 1.807) is 6.21 Å². The molecule has 1 amide bonds. The molecule has 0 radical (unpaired) electrons. The Morgan fingerprint density at radius 1 is 1.00 bits per heavy atom. The van der Waals surface area contributed by atoms with Gasteiger partial charge in [0.2, 0.25) is 5.91 Å². The summed E-state index contributed by atoms with van der Waals surface area (Å²) in [4.78, 5) is 28.2. The molecule has 0 aromatic rings. The van der Waals surface area contributed by atoms with Crippen LogP contribution < -0.4 is 5.43 Å². The first kappa shape index (κ1) is 18.5. The molecule has 1 N–H and O–H groups in total. The maximum Gasteiger partial charge on any atom is 0.243 e. The predicted octanol–water partition coefficient (Wildman–Crippen LogP) is 3.13. The Hall–Kier alpha value is -1.52. The average Bonchev–Trinajstić information content (AvgIpc) is 2.55. The number of carbonyl (C=O) groups is 2. The van der Waals surface area contributed by atoms with Crippen LogP contribution in [0.25, 0.3) is 0 Å². The lowest BCUT2D eigenvalue weighted by molar-refractivity contribution is -0.128. The molecule has 124 valence electrons. The predicted molar refractivity (Wildman–Crippen MR) is 90.3 cm³/mol. The Balaban J connectivity index is 2.27. The van der Waals surface area contributed by atoms with Crippen LogP contribution in [-0.2, 0) is 9.59 Å². The Morgan fingerprint density at radius 3 is 2.23 bits per heavy atom. The van der Waals surface area contributed by atoms with Crippen molar-refractivity contribution in [2.24, 2.45) is 21.9 Å². The smallest absolute Gasteiger partial charge is 0.243 e. The molecule has 5 nitrogen and oxygen atoms in total. The summed E-state index contributed by atoms with van der Waals surface area (Å²) in [6.07, 6.45) is 10.6. The van der Waals surface area contributed by atoms with Crippen LogP contribution in [0.15, 0.2) is 10.1 Å². The Labute approximate surface area is 133 Å². The number of hydrogen-bond acceptors (Lipinski definition) is 4. The minimum Gasteiger partial charge on any atom is -0.297 e. The fraction of sp³-hybridized carbons (Fsp3) is 0.765. The molecule has 0 atom stereocenters. The lowest BCUT2D eigenvalue weighted by atomic mass is 9.79. The van der Waals surface area contributed by atoms with Gasteiger partial charge in [-0.2, -0.15) is 5.10 Å². The number of nitrogens with one attached hydrogen (secondary N) is 1. The van der Waals surface area contributed by atoms with E-state index >= 15 is 0 Å². The molecule has 0 aliphatic heterocycles. The van der Waals surface area contributed by atoms with Gasteiger partial charge in [-0.3, -0.25) is 14.6 Å². The molecule has 0 aromatic heterocycles. The van der Waals surface area contributed by atoms with E-state index in [0.29, 0.717) is 6.54 Å². The van der Waals surface area contributed by atoms with Crippen molar-refractivity contribution < 1.29 is 9.59 Å². The third-order valence-electron chi connectivity index (χ3n) is 4.03. The van der Waals surface area contributed by atoms with Gasteiger partial charge in [0.1, 0.15) is 0 Å². The van der Waals surface area contributed by atoms with Crippen LogP contribution in [0.2, 0.25) is 0 Å². The van der Waals surface area contributed by atoms with E-state index in [9.17, 15) is 9.59 Å². The number of carbonyl (C=O) groups excluding carboxylic acids is 2. The summed E-state index contributed by atoms with van der Waals surface area (Å²) in [6, 6.07) is 0. The first-order valence-corrected chi connectivity index (χ1v) is 8.51. The standard InChI is InChI=1S/C17H29N3O2/c1-3-5-11-18-13-16(21)14-7-9-15(10-8-14)17(22)20-19-12-6-4-2/h11-12,14-15H,3-10,13H2,1-2H3,(H,20,22)/b18-11?,19-12+. The first-order valence-electron chi connectivity index (χ1n) is 8.51. The molecule has 1 aliphatic rings. The van der Waals surface area contributed by atoms with Crippen LogP contribution in [-0.4, -0.2) is 30.7 Å². The van der Waals surface area contributed by atoms with Gasteiger partial charge in [-0.15, -0.1) is 0 Å². The summed E-state index contributed by atoms with van der Waals surface area (Å²) in [5.74, 6) is 0.268. The van der Waals surface area contributed by atoms with E-state index in [-0.39, 0.29) is 23.5 Å². The van der Waals surface area contributed by atoms with E-state index in [2.05, 4.69) is 29.4 Å². The van der Waals surface area contributed by atoms with E-state index in [4.69, 9.17) is 0 Å². The van der Waals surface area contributed by atoms with Crippen LogP contribution in [0, 0.1) is 11.8 Å². The third kappa shape index (κ3) is 6.96. The molecule has 1 saturated carbocycles. The van der Waals surface area contributed by atoms with E-state index in [1.807, 2.05) is 6.21 Å². The molecule has 1 rings (SSSR count). The van der Waals surface area contributed by atoms with Gasteiger partial charge in [0.05, 0.1) is 6.54 Å². The highest BCUT2D eigenvalue weighted by Gasteiger charge is 2.29. The van der Waals surface area contributed by atoms with Crippen molar-refractivity contribution in [3.05, 3.63) is 0 Å². The fourth-order valence-electron chi connectivity index (χ4n) is 2.58. The topological polar surface area (TPSA) is 70.9 Å². The molecule has 0 unspecified atom stereocenters. The van der Waals surface area contributed by atoms with Crippen molar-refractivity contribution >= 4 is 24.1 Å². The Morgan fingerprint density at radius 2 is 1.59 bits per heavy atom.